The number of benzene rings is 1. The second-order valence-electron chi connectivity index (χ2n) is 3.62. The Balaban J connectivity index is 3.16. The Morgan fingerprint density at radius 3 is 2.65 bits per heavy atom. The highest BCUT2D eigenvalue weighted by Crippen LogP contribution is 2.22. The van der Waals surface area contributed by atoms with Crippen molar-refractivity contribution in [2.24, 2.45) is 0 Å². The standard InChI is InChI=1S/C12H9FN2O5/c1-7(16)14-4-2-3-8-5-11(15(19)20)9(12(17)18)6-10(8)13/h5-6H,4H2,1H3,(H,14,16)(H,17,18). The second-order valence-corrected chi connectivity index (χ2v) is 3.62. The molecule has 0 aliphatic carbocycles. The maximum absolute atomic E-state index is 13.6. The average Bonchev–Trinajstić information content (AvgIpc) is 2.34. The van der Waals surface area contributed by atoms with Crippen LogP contribution >= 0.6 is 0 Å². The molecule has 2 N–H and O–H groups in total. The molecule has 0 aliphatic heterocycles. The number of rotatable bonds is 3. The van der Waals surface area contributed by atoms with Gasteiger partial charge in [-0.05, 0) is 6.07 Å². The van der Waals surface area contributed by atoms with Crippen LogP contribution in [0.5, 0.6) is 0 Å². The number of halogens is 1. The Kier molecular flexibility index (Phi) is 4.75. The third kappa shape index (κ3) is 3.78. The van der Waals surface area contributed by atoms with Gasteiger partial charge >= 0.3 is 5.97 Å². The molecule has 0 radical (unpaired) electrons. The van der Waals surface area contributed by atoms with E-state index in [1.54, 1.807) is 0 Å². The van der Waals surface area contributed by atoms with Crippen LogP contribution in [-0.4, -0.2) is 28.5 Å². The number of carboxylic acid groups (broad SMARTS) is 1. The van der Waals surface area contributed by atoms with Gasteiger partial charge in [0, 0.05) is 13.0 Å². The normalized spacial score (nSPS) is 9.30. The Morgan fingerprint density at radius 1 is 1.50 bits per heavy atom. The quantitative estimate of drug-likeness (QED) is 0.486. The lowest BCUT2D eigenvalue weighted by molar-refractivity contribution is -0.385. The van der Waals surface area contributed by atoms with Crippen LogP contribution in [0.25, 0.3) is 0 Å². The lowest BCUT2D eigenvalue weighted by atomic mass is 10.1. The topological polar surface area (TPSA) is 110 Å². The zero-order valence-corrected chi connectivity index (χ0v) is 10.3. The van der Waals surface area contributed by atoms with Gasteiger partial charge in [-0.3, -0.25) is 14.9 Å². The molecule has 1 aromatic rings. The van der Waals surface area contributed by atoms with Crippen LogP contribution in [0, 0.1) is 27.8 Å². The van der Waals surface area contributed by atoms with Gasteiger partial charge in [-0.15, -0.1) is 0 Å². The highest BCUT2D eigenvalue weighted by Gasteiger charge is 2.22. The highest BCUT2D eigenvalue weighted by molar-refractivity contribution is 5.92. The molecule has 0 saturated heterocycles. The van der Waals surface area contributed by atoms with Crippen molar-refractivity contribution >= 4 is 17.6 Å². The fourth-order valence-electron chi connectivity index (χ4n) is 1.29. The number of nitrogens with zero attached hydrogens (tertiary/aromatic N) is 1. The maximum atomic E-state index is 13.6. The molecule has 0 aromatic heterocycles. The maximum Gasteiger partial charge on any atom is 0.342 e. The van der Waals surface area contributed by atoms with E-state index in [9.17, 15) is 24.1 Å². The van der Waals surface area contributed by atoms with E-state index in [0.717, 1.165) is 6.07 Å². The van der Waals surface area contributed by atoms with Crippen LogP contribution in [0.2, 0.25) is 0 Å². The zero-order chi connectivity index (χ0) is 15.3. The minimum atomic E-state index is -1.60. The lowest BCUT2D eigenvalue weighted by Gasteiger charge is -2.00. The van der Waals surface area contributed by atoms with Crippen LogP contribution in [-0.2, 0) is 4.79 Å². The van der Waals surface area contributed by atoms with Crippen molar-refractivity contribution in [2.75, 3.05) is 6.54 Å². The summed E-state index contributed by atoms with van der Waals surface area (Å²) < 4.78 is 13.6. The van der Waals surface area contributed by atoms with Crippen molar-refractivity contribution < 1.29 is 24.0 Å². The smallest absolute Gasteiger partial charge is 0.342 e. The van der Waals surface area contributed by atoms with Crippen molar-refractivity contribution in [3.05, 3.63) is 39.2 Å². The summed E-state index contributed by atoms with van der Waals surface area (Å²) in [6, 6.07) is 1.29. The first-order valence-corrected chi connectivity index (χ1v) is 5.27. The van der Waals surface area contributed by atoms with Crippen molar-refractivity contribution in [3.63, 3.8) is 0 Å². The molecule has 0 aliphatic rings. The number of carbonyl (C=O) groups is 2. The largest absolute Gasteiger partial charge is 0.477 e. The molecule has 0 spiro atoms. The van der Waals surface area contributed by atoms with Crippen LogP contribution in [0.1, 0.15) is 22.8 Å². The molecule has 1 rings (SSSR count). The third-order valence-electron chi connectivity index (χ3n) is 2.16. The lowest BCUT2D eigenvalue weighted by Crippen LogP contribution is -2.19. The molecule has 0 bridgehead atoms. The summed E-state index contributed by atoms with van der Waals surface area (Å²) in [4.78, 5) is 31.1. The van der Waals surface area contributed by atoms with E-state index in [4.69, 9.17) is 5.11 Å². The minimum absolute atomic E-state index is 0.0523. The molecule has 104 valence electrons. The number of nitro benzene ring substituents is 1. The van der Waals surface area contributed by atoms with Gasteiger partial charge < -0.3 is 10.4 Å². The summed E-state index contributed by atoms with van der Waals surface area (Å²) in [5.74, 6) is 1.78. The van der Waals surface area contributed by atoms with E-state index in [1.807, 2.05) is 0 Å². The number of hydrogen-bond donors (Lipinski definition) is 2. The van der Waals surface area contributed by atoms with Crippen LogP contribution in [0.3, 0.4) is 0 Å². The number of carboxylic acids is 1. The van der Waals surface area contributed by atoms with Crippen molar-refractivity contribution in [1.29, 1.82) is 0 Å². The van der Waals surface area contributed by atoms with Gasteiger partial charge in [0.1, 0.15) is 11.4 Å². The summed E-state index contributed by atoms with van der Waals surface area (Å²) in [6.07, 6.45) is 0. The Labute approximate surface area is 112 Å². The van der Waals surface area contributed by atoms with E-state index in [2.05, 4.69) is 17.2 Å². The number of nitro groups is 1. The predicted molar refractivity (Wildman–Crippen MR) is 65.6 cm³/mol. The molecular weight excluding hydrogens is 271 g/mol. The Morgan fingerprint density at radius 2 is 2.15 bits per heavy atom. The van der Waals surface area contributed by atoms with Crippen LogP contribution in [0.4, 0.5) is 10.1 Å². The van der Waals surface area contributed by atoms with E-state index in [0.29, 0.717) is 6.07 Å². The molecule has 0 saturated carbocycles. The van der Waals surface area contributed by atoms with E-state index >= 15 is 0 Å². The summed E-state index contributed by atoms with van der Waals surface area (Å²) >= 11 is 0. The Bertz CT molecular complexity index is 645. The fraction of sp³-hybridized carbons (Fsp3) is 0.167. The van der Waals surface area contributed by atoms with Crippen molar-refractivity contribution in [1.82, 2.24) is 5.32 Å². The molecule has 0 atom stereocenters. The monoisotopic (exact) mass is 280 g/mol. The van der Waals surface area contributed by atoms with Gasteiger partial charge in [0.25, 0.3) is 5.69 Å². The zero-order valence-electron chi connectivity index (χ0n) is 10.3. The fourth-order valence-corrected chi connectivity index (χ4v) is 1.29. The third-order valence-corrected chi connectivity index (χ3v) is 2.16. The number of nitrogens with one attached hydrogen (secondary N) is 1. The summed E-state index contributed by atoms with van der Waals surface area (Å²) in [5.41, 5.74) is -1.81. The first-order chi connectivity index (χ1) is 9.32. The van der Waals surface area contributed by atoms with Gasteiger partial charge in [-0.2, -0.15) is 0 Å². The van der Waals surface area contributed by atoms with Gasteiger partial charge in [-0.25, -0.2) is 9.18 Å². The number of aromatic carboxylic acids is 1. The number of amides is 1. The number of hydrogen-bond acceptors (Lipinski definition) is 4. The molecular formula is C12H9FN2O5. The SMILES string of the molecule is CC(=O)NCC#Cc1cc([N+](=O)[O-])c(C(=O)O)cc1F. The van der Waals surface area contributed by atoms with E-state index in [1.165, 1.54) is 6.92 Å². The van der Waals surface area contributed by atoms with Crippen molar-refractivity contribution in [3.8, 4) is 11.8 Å². The first kappa shape index (κ1) is 15.1. The molecule has 7 nitrogen and oxygen atoms in total. The molecule has 0 heterocycles. The van der Waals surface area contributed by atoms with Gasteiger partial charge in [0.2, 0.25) is 5.91 Å². The van der Waals surface area contributed by atoms with Gasteiger partial charge in [0.05, 0.1) is 17.0 Å². The summed E-state index contributed by atoms with van der Waals surface area (Å²) in [6.45, 7) is 1.22. The summed E-state index contributed by atoms with van der Waals surface area (Å²) in [5, 5.41) is 21.8. The summed E-state index contributed by atoms with van der Waals surface area (Å²) in [7, 11) is 0. The van der Waals surface area contributed by atoms with E-state index < -0.39 is 28.0 Å². The average molecular weight is 280 g/mol. The second kappa shape index (κ2) is 6.29. The van der Waals surface area contributed by atoms with Crippen molar-refractivity contribution in [2.45, 2.75) is 6.92 Å². The van der Waals surface area contributed by atoms with Crippen LogP contribution < -0.4 is 5.32 Å². The molecule has 1 amide bonds. The molecule has 8 heteroatoms. The first-order valence-electron chi connectivity index (χ1n) is 5.27. The van der Waals surface area contributed by atoms with E-state index in [-0.39, 0.29) is 18.0 Å². The Hall–Kier alpha value is -2.95. The molecule has 1 aromatic carbocycles. The molecule has 0 fully saturated rings. The molecule has 20 heavy (non-hydrogen) atoms. The van der Waals surface area contributed by atoms with Gasteiger partial charge in [-0.1, -0.05) is 11.8 Å². The highest BCUT2D eigenvalue weighted by atomic mass is 19.1. The van der Waals surface area contributed by atoms with Crippen LogP contribution in [0.15, 0.2) is 12.1 Å². The minimum Gasteiger partial charge on any atom is -0.477 e. The molecule has 0 unspecified atom stereocenters. The number of carbonyl (C=O) groups excluding carboxylic acids is 1. The predicted octanol–water partition coefficient (Wildman–Crippen LogP) is 0.920. The van der Waals surface area contributed by atoms with Gasteiger partial charge in [0.15, 0.2) is 0 Å².